The van der Waals surface area contributed by atoms with Crippen molar-refractivity contribution in [3.05, 3.63) is 18.2 Å². The molecule has 0 aliphatic carbocycles. The Labute approximate surface area is 121 Å². The maximum absolute atomic E-state index is 12.3. The molecular formula is C15H26N4O. The van der Waals surface area contributed by atoms with Crippen LogP contribution >= 0.6 is 0 Å². The van der Waals surface area contributed by atoms with Crippen molar-refractivity contribution in [2.24, 2.45) is 0 Å². The van der Waals surface area contributed by atoms with Crippen molar-refractivity contribution in [1.82, 2.24) is 19.8 Å². The Balaban J connectivity index is 2.17. The maximum Gasteiger partial charge on any atom is 0.245 e. The van der Waals surface area contributed by atoms with Crippen molar-refractivity contribution in [3.63, 3.8) is 0 Å². The van der Waals surface area contributed by atoms with Gasteiger partial charge in [0.15, 0.2) is 0 Å². The summed E-state index contributed by atoms with van der Waals surface area (Å²) in [6, 6.07) is 0.640. The summed E-state index contributed by atoms with van der Waals surface area (Å²) in [5.41, 5.74) is 1.13. The summed E-state index contributed by atoms with van der Waals surface area (Å²) >= 11 is 0. The van der Waals surface area contributed by atoms with Crippen LogP contribution < -0.4 is 5.32 Å². The van der Waals surface area contributed by atoms with E-state index in [1.54, 1.807) is 11.2 Å². The summed E-state index contributed by atoms with van der Waals surface area (Å²) in [5.74, 6) is 0.135. The van der Waals surface area contributed by atoms with Gasteiger partial charge in [-0.15, -0.1) is 0 Å². The summed E-state index contributed by atoms with van der Waals surface area (Å²) < 4.78 is 2.02. The van der Waals surface area contributed by atoms with Gasteiger partial charge in [0, 0.05) is 31.9 Å². The molecule has 1 aromatic heterocycles. The number of hydrogen-bond donors (Lipinski definition) is 1. The third kappa shape index (κ3) is 3.03. The highest BCUT2D eigenvalue weighted by atomic mass is 16.2. The molecule has 1 aromatic rings. The van der Waals surface area contributed by atoms with Gasteiger partial charge >= 0.3 is 0 Å². The van der Waals surface area contributed by atoms with Crippen LogP contribution in [-0.4, -0.2) is 40.0 Å². The van der Waals surface area contributed by atoms with E-state index in [4.69, 9.17) is 0 Å². The molecule has 5 nitrogen and oxygen atoms in total. The monoisotopic (exact) mass is 278 g/mol. The molecule has 0 aromatic carbocycles. The third-order valence-corrected chi connectivity index (χ3v) is 4.29. The average molecular weight is 278 g/mol. The highest BCUT2D eigenvalue weighted by molar-refractivity contribution is 5.79. The van der Waals surface area contributed by atoms with E-state index in [1.807, 2.05) is 31.7 Å². The van der Waals surface area contributed by atoms with E-state index in [0.717, 1.165) is 18.7 Å². The summed E-state index contributed by atoms with van der Waals surface area (Å²) in [4.78, 5) is 18.3. The first kappa shape index (κ1) is 15.0. The van der Waals surface area contributed by atoms with Crippen molar-refractivity contribution in [2.45, 2.75) is 58.2 Å². The van der Waals surface area contributed by atoms with Crippen molar-refractivity contribution >= 4 is 5.91 Å². The second-order valence-electron chi connectivity index (χ2n) is 5.81. The van der Waals surface area contributed by atoms with Gasteiger partial charge in [-0.05, 0) is 40.0 Å². The quantitative estimate of drug-likeness (QED) is 0.918. The van der Waals surface area contributed by atoms with Crippen LogP contribution in [0.2, 0.25) is 0 Å². The molecule has 0 saturated carbocycles. The topological polar surface area (TPSA) is 50.2 Å². The van der Waals surface area contributed by atoms with E-state index in [1.165, 1.54) is 12.8 Å². The van der Waals surface area contributed by atoms with Gasteiger partial charge in [-0.2, -0.15) is 0 Å². The van der Waals surface area contributed by atoms with Crippen LogP contribution in [0.15, 0.2) is 12.5 Å². The number of rotatable bonds is 4. The van der Waals surface area contributed by atoms with Crippen molar-refractivity contribution in [1.29, 1.82) is 0 Å². The van der Waals surface area contributed by atoms with E-state index in [0.29, 0.717) is 12.1 Å². The minimum absolute atomic E-state index is 0.135. The lowest BCUT2D eigenvalue weighted by Crippen LogP contribution is -2.38. The van der Waals surface area contributed by atoms with Gasteiger partial charge in [0.25, 0.3) is 0 Å². The van der Waals surface area contributed by atoms with Crippen LogP contribution in [0, 0.1) is 0 Å². The molecule has 1 fully saturated rings. The van der Waals surface area contributed by atoms with Crippen molar-refractivity contribution < 1.29 is 4.79 Å². The number of hydrogen-bond acceptors (Lipinski definition) is 3. The Morgan fingerprint density at radius 3 is 3.00 bits per heavy atom. The number of likely N-dealkylation sites (N-methyl/N-ethyl adjacent to an activating group) is 1. The number of amides is 1. The van der Waals surface area contributed by atoms with E-state index in [-0.39, 0.29) is 11.9 Å². The van der Waals surface area contributed by atoms with Gasteiger partial charge in [0.05, 0.1) is 12.0 Å². The number of imidazole rings is 1. The average Bonchev–Trinajstić information content (AvgIpc) is 2.94. The highest BCUT2D eigenvalue weighted by Crippen LogP contribution is 2.27. The number of carbonyl (C=O) groups excluding carboxylic acids is 1. The minimum Gasteiger partial charge on any atom is -0.344 e. The summed E-state index contributed by atoms with van der Waals surface area (Å²) in [7, 11) is 1.84. The largest absolute Gasteiger partial charge is 0.344 e. The zero-order valence-corrected chi connectivity index (χ0v) is 13.0. The molecule has 1 N–H and O–H groups in total. The summed E-state index contributed by atoms with van der Waals surface area (Å²) in [5, 5.41) is 3.61. The first-order valence-electron chi connectivity index (χ1n) is 7.57. The van der Waals surface area contributed by atoms with E-state index in [9.17, 15) is 4.79 Å². The second-order valence-corrected chi connectivity index (χ2v) is 5.81. The second kappa shape index (κ2) is 6.39. The van der Waals surface area contributed by atoms with Gasteiger partial charge in [-0.1, -0.05) is 0 Å². The molecule has 20 heavy (non-hydrogen) atoms. The molecule has 2 heterocycles. The van der Waals surface area contributed by atoms with Crippen molar-refractivity contribution in [3.8, 4) is 0 Å². The predicted octanol–water partition coefficient (Wildman–Crippen LogP) is 2.13. The van der Waals surface area contributed by atoms with Gasteiger partial charge in [0.2, 0.25) is 5.91 Å². The number of aromatic nitrogens is 2. The predicted molar refractivity (Wildman–Crippen MR) is 79.4 cm³/mol. The molecule has 1 saturated heterocycles. The van der Waals surface area contributed by atoms with Crippen LogP contribution in [0.5, 0.6) is 0 Å². The Bertz CT molecular complexity index is 456. The van der Waals surface area contributed by atoms with Crippen LogP contribution in [-0.2, 0) is 4.79 Å². The fourth-order valence-corrected chi connectivity index (χ4v) is 2.87. The van der Waals surface area contributed by atoms with E-state index >= 15 is 0 Å². The number of piperidine rings is 1. The van der Waals surface area contributed by atoms with Gasteiger partial charge < -0.3 is 14.8 Å². The lowest BCUT2D eigenvalue weighted by atomic mass is 9.97. The van der Waals surface area contributed by atoms with Crippen LogP contribution in [0.1, 0.15) is 57.8 Å². The normalized spacial score (nSPS) is 24.4. The molecule has 0 spiro atoms. The number of carbonyl (C=O) groups is 1. The summed E-state index contributed by atoms with van der Waals surface area (Å²) in [6.07, 6.45) is 7.23. The van der Waals surface area contributed by atoms with Crippen LogP contribution in [0.25, 0.3) is 0 Å². The fourth-order valence-electron chi connectivity index (χ4n) is 2.87. The molecule has 3 atom stereocenters. The Hall–Kier alpha value is -1.36. The molecule has 1 aliphatic rings. The van der Waals surface area contributed by atoms with Gasteiger partial charge in [-0.25, -0.2) is 4.98 Å². The van der Waals surface area contributed by atoms with Gasteiger partial charge in [0.1, 0.15) is 6.04 Å². The first-order valence-corrected chi connectivity index (χ1v) is 7.57. The summed E-state index contributed by atoms with van der Waals surface area (Å²) in [6.45, 7) is 6.88. The zero-order chi connectivity index (χ0) is 14.7. The standard InChI is InChI=1S/C15H26N4O/c1-5-18(4)15(20)12(3)19-10-16-9-14(19)13-8-6-7-11(2)17-13/h9-13,17H,5-8H2,1-4H3. The van der Waals surface area contributed by atoms with Gasteiger partial charge in [-0.3, -0.25) is 4.79 Å². The SMILES string of the molecule is CCN(C)C(=O)C(C)n1cncc1C1CCCC(C)N1. The lowest BCUT2D eigenvalue weighted by molar-refractivity contribution is -0.132. The molecule has 0 bridgehead atoms. The fraction of sp³-hybridized carbons (Fsp3) is 0.733. The molecular weight excluding hydrogens is 252 g/mol. The zero-order valence-electron chi connectivity index (χ0n) is 13.0. The minimum atomic E-state index is -0.198. The molecule has 1 aliphatic heterocycles. The lowest BCUT2D eigenvalue weighted by Gasteiger charge is -2.31. The highest BCUT2D eigenvalue weighted by Gasteiger charge is 2.26. The number of nitrogens with zero attached hydrogens (tertiary/aromatic N) is 3. The first-order chi connectivity index (χ1) is 9.54. The number of nitrogens with one attached hydrogen (secondary N) is 1. The van der Waals surface area contributed by atoms with Crippen molar-refractivity contribution in [2.75, 3.05) is 13.6 Å². The van der Waals surface area contributed by atoms with E-state index < -0.39 is 0 Å². The van der Waals surface area contributed by atoms with Crippen LogP contribution in [0.4, 0.5) is 0 Å². The Morgan fingerprint density at radius 2 is 2.35 bits per heavy atom. The molecule has 112 valence electrons. The molecule has 2 rings (SSSR count). The van der Waals surface area contributed by atoms with E-state index in [2.05, 4.69) is 17.2 Å². The Kier molecular flexibility index (Phi) is 4.81. The molecule has 3 unspecified atom stereocenters. The molecule has 1 amide bonds. The maximum atomic E-state index is 12.3. The molecule has 0 radical (unpaired) electrons. The Morgan fingerprint density at radius 1 is 1.60 bits per heavy atom. The smallest absolute Gasteiger partial charge is 0.245 e. The molecule has 5 heteroatoms. The third-order valence-electron chi connectivity index (χ3n) is 4.29. The van der Waals surface area contributed by atoms with Crippen LogP contribution in [0.3, 0.4) is 0 Å².